The minimum absolute atomic E-state index is 0.263. The summed E-state index contributed by atoms with van der Waals surface area (Å²) in [5, 5.41) is 4.83. The van der Waals surface area contributed by atoms with Crippen LogP contribution in [0, 0.1) is 0 Å². The number of hydrogen-bond donors (Lipinski definition) is 3. The minimum atomic E-state index is -0.879. The number of nitrogens with two attached hydrogens (primary N) is 2. The van der Waals surface area contributed by atoms with Crippen LogP contribution in [-0.4, -0.2) is 18.5 Å². The number of nitrogens with one attached hydrogen (secondary N) is 1. The van der Waals surface area contributed by atoms with E-state index >= 15 is 0 Å². The van der Waals surface area contributed by atoms with Crippen molar-refractivity contribution in [3.8, 4) is 10.4 Å². The van der Waals surface area contributed by atoms with E-state index in [0.717, 1.165) is 10.4 Å². The maximum Gasteiger partial charge on any atom is 0.327 e. The van der Waals surface area contributed by atoms with E-state index in [1.807, 2.05) is 29.6 Å². The van der Waals surface area contributed by atoms with Gasteiger partial charge in [0.1, 0.15) is 6.04 Å². The maximum absolute atomic E-state index is 12.6. The Morgan fingerprint density at radius 2 is 1.89 bits per heavy atom. The van der Waals surface area contributed by atoms with E-state index in [-0.39, 0.29) is 12.5 Å². The number of rotatable bonds is 6. The van der Waals surface area contributed by atoms with Crippen LogP contribution in [0.4, 0.5) is 11.4 Å². The summed E-state index contributed by atoms with van der Waals surface area (Å²) < 4.78 is 4.91. The third-order valence-corrected chi connectivity index (χ3v) is 5.10. The largest absolute Gasteiger partial charge is 0.465 e. The number of nitrogen functional groups attached to an aromatic ring is 1. The molecule has 5 N–H and O–H groups in total. The minimum Gasteiger partial charge on any atom is -0.465 e. The van der Waals surface area contributed by atoms with Crippen LogP contribution in [0.3, 0.4) is 0 Å². The van der Waals surface area contributed by atoms with Gasteiger partial charge in [-0.3, -0.25) is 4.79 Å². The van der Waals surface area contributed by atoms with E-state index in [4.69, 9.17) is 16.2 Å². The van der Waals surface area contributed by atoms with Crippen molar-refractivity contribution in [1.82, 2.24) is 0 Å². The zero-order valence-corrected chi connectivity index (χ0v) is 16.2. The van der Waals surface area contributed by atoms with Gasteiger partial charge in [-0.25, -0.2) is 4.79 Å². The molecule has 1 unspecified atom stereocenters. The number of ether oxygens (including phenoxy) is 1. The lowest BCUT2D eigenvalue weighted by Gasteiger charge is -2.12. The summed E-state index contributed by atoms with van der Waals surface area (Å²) in [7, 11) is 0. The molecule has 0 saturated heterocycles. The second kappa shape index (κ2) is 8.69. The van der Waals surface area contributed by atoms with E-state index in [9.17, 15) is 9.59 Å². The number of esters is 1. The quantitative estimate of drug-likeness (QED) is 0.434. The second-order valence-corrected chi connectivity index (χ2v) is 7.03. The predicted molar refractivity (Wildman–Crippen MR) is 112 cm³/mol. The van der Waals surface area contributed by atoms with Crippen molar-refractivity contribution in [2.75, 3.05) is 17.7 Å². The van der Waals surface area contributed by atoms with Crippen molar-refractivity contribution in [3.63, 3.8) is 0 Å². The molecule has 0 radical (unpaired) electrons. The van der Waals surface area contributed by atoms with Gasteiger partial charge in [-0.1, -0.05) is 24.3 Å². The second-order valence-electron chi connectivity index (χ2n) is 6.09. The zero-order chi connectivity index (χ0) is 20.1. The highest BCUT2D eigenvalue weighted by atomic mass is 32.1. The van der Waals surface area contributed by atoms with Crippen LogP contribution in [0.2, 0.25) is 0 Å². The van der Waals surface area contributed by atoms with Crippen molar-refractivity contribution in [1.29, 1.82) is 0 Å². The van der Waals surface area contributed by atoms with Gasteiger partial charge in [0.15, 0.2) is 0 Å². The molecule has 1 amide bonds. The smallest absolute Gasteiger partial charge is 0.327 e. The average Bonchev–Trinajstić information content (AvgIpc) is 3.24. The molecule has 0 spiro atoms. The molecule has 3 aromatic rings. The topological polar surface area (TPSA) is 107 Å². The molecule has 0 aliphatic rings. The van der Waals surface area contributed by atoms with Crippen LogP contribution in [0.1, 0.15) is 28.9 Å². The van der Waals surface area contributed by atoms with E-state index in [1.165, 1.54) is 0 Å². The lowest BCUT2D eigenvalue weighted by atomic mass is 10.0. The molecule has 28 heavy (non-hydrogen) atoms. The number of hydrogen-bond acceptors (Lipinski definition) is 6. The number of benzene rings is 2. The number of thiophene rings is 1. The summed E-state index contributed by atoms with van der Waals surface area (Å²) in [5.41, 5.74) is 14.9. The van der Waals surface area contributed by atoms with Gasteiger partial charge in [0.05, 0.1) is 18.0 Å². The zero-order valence-electron chi connectivity index (χ0n) is 15.3. The maximum atomic E-state index is 12.6. The van der Waals surface area contributed by atoms with Crippen LogP contribution < -0.4 is 16.8 Å². The summed E-state index contributed by atoms with van der Waals surface area (Å²) in [6.07, 6.45) is 0. The first-order valence-electron chi connectivity index (χ1n) is 8.76. The highest BCUT2D eigenvalue weighted by Gasteiger charge is 2.17. The molecule has 0 bridgehead atoms. The Labute approximate surface area is 167 Å². The summed E-state index contributed by atoms with van der Waals surface area (Å²) in [6.45, 7) is 1.98. The van der Waals surface area contributed by atoms with E-state index in [2.05, 4.69) is 5.32 Å². The normalized spacial score (nSPS) is 11.6. The third-order valence-electron chi connectivity index (χ3n) is 4.18. The molecular weight excluding hydrogens is 374 g/mol. The molecule has 0 aliphatic heterocycles. The standard InChI is InChI=1S/C21H21N3O3S/c1-2-27-21(26)19(23)13-5-7-14(8-6-13)20(25)24-17-12-15(9-10-16(17)22)18-4-3-11-28-18/h3-12,19H,2,22-23H2,1H3,(H,24,25). The number of carbonyl (C=O) groups excluding carboxylic acids is 2. The van der Waals surface area contributed by atoms with E-state index in [1.54, 1.807) is 48.6 Å². The Bertz CT molecular complexity index is 969. The SMILES string of the molecule is CCOC(=O)C(N)c1ccc(C(=O)Nc2cc(-c3cccs3)ccc2N)cc1. The molecule has 0 fully saturated rings. The molecule has 1 aromatic heterocycles. The summed E-state index contributed by atoms with van der Waals surface area (Å²) in [5.74, 6) is -0.802. The first-order valence-corrected chi connectivity index (χ1v) is 9.64. The fourth-order valence-electron chi connectivity index (χ4n) is 2.67. The Hall–Kier alpha value is -3.16. The number of anilines is 2. The van der Waals surface area contributed by atoms with Gasteiger partial charge < -0.3 is 21.5 Å². The van der Waals surface area contributed by atoms with Gasteiger partial charge in [-0.2, -0.15) is 0 Å². The number of carbonyl (C=O) groups is 2. The molecule has 6 nitrogen and oxygen atoms in total. The Balaban J connectivity index is 1.75. The fraction of sp³-hybridized carbons (Fsp3) is 0.143. The van der Waals surface area contributed by atoms with Gasteiger partial charge in [0.25, 0.3) is 5.91 Å². The predicted octanol–water partition coefficient (Wildman–Crippen LogP) is 3.81. The Kier molecular flexibility index (Phi) is 6.08. The monoisotopic (exact) mass is 395 g/mol. The summed E-state index contributed by atoms with van der Waals surface area (Å²) in [6, 6.07) is 15.1. The van der Waals surface area contributed by atoms with Crippen LogP contribution in [0.15, 0.2) is 60.0 Å². The van der Waals surface area contributed by atoms with Crippen molar-refractivity contribution in [3.05, 3.63) is 71.1 Å². The lowest BCUT2D eigenvalue weighted by molar-refractivity contribution is -0.144. The highest BCUT2D eigenvalue weighted by molar-refractivity contribution is 7.13. The van der Waals surface area contributed by atoms with Gasteiger partial charge in [-0.05, 0) is 53.8 Å². The van der Waals surface area contributed by atoms with Crippen molar-refractivity contribution < 1.29 is 14.3 Å². The molecular formula is C21H21N3O3S. The molecule has 1 atom stereocenters. The molecule has 3 rings (SSSR count). The molecule has 0 aliphatic carbocycles. The van der Waals surface area contributed by atoms with Crippen molar-refractivity contribution in [2.24, 2.45) is 5.73 Å². The van der Waals surface area contributed by atoms with Crippen LogP contribution in [-0.2, 0) is 9.53 Å². The Morgan fingerprint density at radius 1 is 1.14 bits per heavy atom. The Morgan fingerprint density at radius 3 is 2.54 bits per heavy atom. The van der Waals surface area contributed by atoms with E-state index in [0.29, 0.717) is 22.5 Å². The van der Waals surface area contributed by atoms with Crippen LogP contribution in [0.5, 0.6) is 0 Å². The lowest BCUT2D eigenvalue weighted by Crippen LogP contribution is -2.23. The average molecular weight is 395 g/mol. The first kappa shape index (κ1) is 19.6. The molecule has 7 heteroatoms. The summed E-state index contributed by atoms with van der Waals surface area (Å²) >= 11 is 1.61. The van der Waals surface area contributed by atoms with Crippen molar-refractivity contribution in [2.45, 2.75) is 13.0 Å². The third kappa shape index (κ3) is 4.39. The van der Waals surface area contributed by atoms with Crippen LogP contribution in [0.25, 0.3) is 10.4 Å². The van der Waals surface area contributed by atoms with Gasteiger partial charge in [0.2, 0.25) is 0 Å². The molecule has 2 aromatic carbocycles. The molecule has 1 heterocycles. The van der Waals surface area contributed by atoms with Gasteiger partial charge >= 0.3 is 5.97 Å². The van der Waals surface area contributed by atoms with Gasteiger partial charge in [-0.15, -0.1) is 11.3 Å². The summed E-state index contributed by atoms with van der Waals surface area (Å²) in [4.78, 5) is 25.4. The van der Waals surface area contributed by atoms with Crippen molar-refractivity contribution >= 4 is 34.6 Å². The first-order chi connectivity index (χ1) is 13.5. The van der Waals surface area contributed by atoms with E-state index < -0.39 is 12.0 Å². The molecule has 144 valence electrons. The highest BCUT2D eigenvalue weighted by Crippen LogP contribution is 2.30. The molecule has 0 saturated carbocycles. The van der Waals surface area contributed by atoms with Crippen LogP contribution >= 0.6 is 11.3 Å². The van der Waals surface area contributed by atoms with Gasteiger partial charge in [0, 0.05) is 10.4 Å². The number of amides is 1. The fourth-order valence-corrected chi connectivity index (χ4v) is 3.39.